The second-order valence-corrected chi connectivity index (χ2v) is 12.7. The molecule has 2 unspecified atom stereocenters. The van der Waals surface area contributed by atoms with Gasteiger partial charge in [-0.3, -0.25) is 14.4 Å². The van der Waals surface area contributed by atoms with Crippen molar-refractivity contribution in [2.24, 2.45) is 11.8 Å². The van der Waals surface area contributed by atoms with Crippen LogP contribution in [0.1, 0.15) is 52.5 Å². The van der Waals surface area contributed by atoms with Crippen LogP contribution in [-0.2, 0) is 20.9 Å². The van der Waals surface area contributed by atoms with Crippen molar-refractivity contribution in [3.63, 3.8) is 0 Å². The molecule has 0 aromatic heterocycles. The number of nitrogens with one attached hydrogen (secondary N) is 2. The van der Waals surface area contributed by atoms with E-state index in [4.69, 9.17) is 0 Å². The lowest BCUT2D eigenvalue weighted by Crippen LogP contribution is -2.57. The van der Waals surface area contributed by atoms with Gasteiger partial charge in [-0.1, -0.05) is 30.3 Å². The quantitative estimate of drug-likeness (QED) is 0.563. The second-order valence-electron chi connectivity index (χ2n) is 10.8. The average molecular weight is 474 g/mol. The van der Waals surface area contributed by atoms with Crippen molar-refractivity contribution in [2.75, 3.05) is 13.2 Å². The molecule has 1 aromatic carbocycles. The summed E-state index contributed by atoms with van der Waals surface area (Å²) in [5, 5.41) is 15.5. The van der Waals surface area contributed by atoms with E-state index in [1.807, 2.05) is 51.1 Å². The first-order valence-electron chi connectivity index (χ1n) is 11.8. The molecule has 1 spiro atoms. The zero-order chi connectivity index (χ0) is 24.0. The zero-order valence-electron chi connectivity index (χ0n) is 19.9. The molecule has 1 aromatic rings. The summed E-state index contributed by atoms with van der Waals surface area (Å²) in [5.74, 6) is -1.44. The molecule has 3 N–H and O–H groups in total. The Hall–Kier alpha value is -2.06. The van der Waals surface area contributed by atoms with Crippen LogP contribution in [0.5, 0.6) is 0 Å². The third kappa shape index (κ3) is 4.16. The molecule has 3 aliphatic heterocycles. The molecular weight excluding hydrogens is 438 g/mol. The van der Waals surface area contributed by atoms with E-state index in [1.54, 1.807) is 16.7 Å². The smallest absolute Gasteiger partial charge is 0.244 e. The lowest BCUT2D eigenvalue weighted by atomic mass is 9.66. The largest absolute Gasteiger partial charge is 0.396 e. The van der Waals surface area contributed by atoms with E-state index in [1.165, 1.54) is 0 Å². The van der Waals surface area contributed by atoms with Crippen LogP contribution in [0.15, 0.2) is 30.3 Å². The second kappa shape index (κ2) is 8.62. The van der Waals surface area contributed by atoms with Crippen molar-refractivity contribution in [3.8, 4) is 0 Å². The summed E-state index contributed by atoms with van der Waals surface area (Å²) >= 11 is 1.67. The number of amides is 3. The van der Waals surface area contributed by atoms with Crippen LogP contribution >= 0.6 is 11.8 Å². The van der Waals surface area contributed by atoms with Crippen LogP contribution in [0, 0.1) is 11.8 Å². The summed E-state index contributed by atoms with van der Waals surface area (Å²) in [5.41, 5.74) is 0.570. The normalized spacial score (nSPS) is 32.7. The van der Waals surface area contributed by atoms with Gasteiger partial charge in [0.1, 0.15) is 6.04 Å². The highest BCUT2D eigenvalue weighted by molar-refractivity contribution is 8.02. The van der Waals surface area contributed by atoms with Crippen molar-refractivity contribution < 1.29 is 19.5 Å². The molecule has 3 saturated heterocycles. The van der Waals surface area contributed by atoms with Gasteiger partial charge < -0.3 is 20.6 Å². The molecule has 3 aliphatic rings. The SMILES string of the molecule is CC(C)(C)NC(=O)C1N(CCCO)C(=O)[C@@H]2[C@@H](C(=O)NCc3ccccc3)[C@@]3(C)CCC12S3. The molecule has 4 rings (SSSR count). The van der Waals surface area contributed by atoms with E-state index in [9.17, 15) is 19.5 Å². The molecule has 8 heteroatoms. The number of benzene rings is 1. The van der Waals surface area contributed by atoms with Gasteiger partial charge in [-0.25, -0.2) is 0 Å². The van der Waals surface area contributed by atoms with E-state index in [0.717, 1.165) is 18.4 Å². The molecule has 7 nitrogen and oxygen atoms in total. The molecule has 5 atom stereocenters. The summed E-state index contributed by atoms with van der Waals surface area (Å²) in [6, 6.07) is 9.09. The van der Waals surface area contributed by atoms with Gasteiger partial charge in [0.05, 0.1) is 16.6 Å². The molecule has 3 heterocycles. The predicted octanol–water partition coefficient (Wildman–Crippen LogP) is 2.08. The Morgan fingerprint density at radius 3 is 2.52 bits per heavy atom. The highest BCUT2D eigenvalue weighted by Crippen LogP contribution is 2.71. The highest BCUT2D eigenvalue weighted by atomic mass is 32.2. The number of nitrogens with zero attached hydrogens (tertiary/aromatic N) is 1. The summed E-state index contributed by atoms with van der Waals surface area (Å²) in [4.78, 5) is 42.4. The Balaban J connectivity index is 1.64. The molecular formula is C25H35N3O4S. The maximum Gasteiger partial charge on any atom is 0.244 e. The van der Waals surface area contributed by atoms with Gasteiger partial charge >= 0.3 is 0 Å². The molecule has 0 aliphatic carbocycles. The number of carbonyl (C=O) groups excluding carboxylic acids is 3. The Bertz CT molecular complexity index is 933. The lowest BCUT2D eigenvalue weighted by Gasteiger charge is -2.36. The predicted molar refractivity (Wildman–Crippen MR) is 128 cm³/mol. The van der Waals surface area contributed by atoms with Crippen molar-refractivity contribution in [2.45, 2.75) is 74.6 Å². The van der Waals surface area contributed by atoms with Crippen LogP contribution in [0.3, 0.4) is 0 Å². The number of rotatable bonds is 7. The zero-order valence-corrected chi connectivity index (χ0v) is 20.7. The van der Waals surface area contributed by atoms with Gasteiger partial charge in [-0.15, -0.1) is 11.8 Å². The topological polar surface area (TPSA) is 98.7 Å². The summed E-state index contributed by atoms with van der Waals surface area (Å²) in [6.45, 7) is 8.51. The number of aliphatic hydroxyl groups is 1. The lowest BCUT2D eigenvalue weighted by molar-refractivity contribution is -0.141. The number of carbonyl (C=O) groups is 3. The van der Waals surface area contributed by atoms with Gasteiger partial charge in [0.15, 0.2) is 0 Å². The fourth-order valence-electron chi connectivity index (χ4n) is 5.94. The van der Waals surface area contributed by atoms with Gasteiger partial charge in [0.2, 0.25) is 17.7 Å². The summed E-state index contributed by atoms with van der Waals surface area (Å²) in [7, 11) is 0. The molecule has 33 heavy (non-hydrogen) atoms. The Labute approximate surface area is 200 Å². The fraction of sp³-hybridized carbons (Fsp3) is 0.640. The third-order valence-corrected chi connectivity index (χ3v) is 9.16. The van der Waals surface area contributed by atoms with E-state index < -0.39 is 28.2 Å². The number of likely N-dealkylation sites (tertiary alicyclic amines) is 1. The number of fused-ring (bicyclic) bond motifs is 1. The first kappa shape index (κ1) is 24.1. The van der Waals surface area contributed by atoms with Crippen LogP contribution < -0.4 is 10.6 Å². The van der Waals surface area contributed by atoms with E-state index in [-0.39, 0.29) is 29.1 Å². The minimum Gasteiger partial charge on any atom is -0.396 e. The summed E-state index contributed by atoms with van der Waals surface area (Å²) in [6.07, 6.45) is 1.92. The van der Waals surface area contributed by atoms with E-state index in [0.29, 0.717) is 19.5 Å². The third-order valence-electron chi connectivity index (χ3n) is 7.17. The Morgan fingerprint density at radius 2 is 1.88 bits per heavy atom. The van der Waals surface area contributed by atoms with Gasteiger partial charge in [-0.05, 0) is 52.5 Å². The molecule has 2 bridgehead atoms. The van der Waals surface area contributed by atoms with Crippen LogP contribution in [0.25, 0.3) is 0 Å². The molecule has 3 amide bonds. The Kier molecular flexibility index (Phi) is 6.29. The number of thioether (sulfide) groups is 1. The first-order valence-corrected chi connectivity index (χ1v) is 12.6. The highest BCUT2D eigenvalue weighted by Gasteiger charge is 2.77. The molecule has 3 fully saturated rings. The Morgan fingerprint density at radius 1 is 1.18 bits per heavy atom. The maximum absolute atomic E-state index is 13.8. The number of hydrogen-bond donors (Lipinski definition) is 3. The molecule has 0 saturated carbocycles. The van der Waals surface area contributed by atoms with Crippen molar-refractivity contribution >= 4 is 29.5 Å². The first-order chi connectivity index (χ1) is 15.5. The van der Waals surface area contributed by atoms with Gasteiger partial charge in [0, 0.05) is 30.0 Å². The number of aliphatic hydroxyl groups excluding tert-OH is 1. The maximum atomic E-state index is 13.8. The van der Waals surface area contributed by atoms with Crippen LogP contribution in [-0.4, -0.2) is 62.0 Å². The summed E-state index contributed by atoms with van der Waals surface area (Å²) < 4.78 is -1.00. The van der Waals surface area contributed by atoms with Crippen LogP contribution in [0.2, 0.25) is 0 Å². The van der Waals surface area contributed by atoms with Gasteiger partial charge in [0.25, 0.3) is 0 Å². The van der Waals surface area contributed by atoms with Crippen molar-refractivity contribution in [1.29, 1.82) is 0 Å². The average Bonchev–Trinajstić information content (AvgIpc) is 3.31. The molecule has 180 valence electrons. The fourth-order valence-corrected chi connectivity index (χ4v) is 8.30. The standard InChI is InChI=1S/C25H35N3O4S/c1-23(2,3)27-21(31)19-25-12-11-24(4,33-25)17(18(25)22(32)28(19)13-8-14-29)20(30)26-15-16-9-6-5-7-10-16/h5-7,9-10,17-19,29H,8,11-15H2,1-4H3,(H,26,30)(H,27,31)/t17-,18-,19?,24+,25?/m0/s1. The van der Waals surface area contributed by atoms with Gasteiger partial charge in [-0.2, -0.15) is 0 Å². The number of hydrogen-bond acceptors (Lipinski definition) is 5. The van der Waals surface area contributed by atoms with E-state index >= 15 is 0 Å². The van der Waals surface area contributed by atoms with E-state index in [2.05, 4.69) is 17.6 Å². The minimum atomic E-state index is -0.639. The van der Waals surface area contributed by atoms with Crippen molar-refractivity contribution in [1.82, 2.24) is 15.5 Å². The van der Waals surface area contributed by atoms with Crippen LogP contribution in [0.4, 0.5) is 0 Å². The minimum absolute atomic E-state index is 0.0547. The van der Waals surface area contributed by atoms with Crippen molar-refractivity contribution in [3.05, 3.63) is 35.9 Å². The molecule has 0 radical (unpaired) electrons. The monoisotopic (exact) mass is 473 g/mol.